The lowest BCUT2D eigenvalue weighted by Crippen LogP contribution is -2.37. The number of benzene rings is 2. The van der Waals surface area contributed by atoms with Crippen LogP contribution < -0.4 is 15.4 Å². The van der Waals surface area contributed by atoms with Gasteiger partial charge in [0, 0.05) is 24.2 Å². The van der Waals surface area contributed by atoms with E-state index >= 15 is 0 Å². The number of anilines is 2. The highest BCUT2D eigenvalue weighted by Gasteiger charge is 2.22. The van der Waals surface area contributed by atoms with Gasteiger partial charge in [0.1, 0.15) is 18.1 Å². The van der Waals surface area contributed by atoms with Crippen molar-refractivity contribution in [2.75, 3.05) is 31.3 Å². The Morgan fingerprint density at radius 3 is 2.24 bits per heavy atom. The highest BCUT2D eigenvalue weighted by atomic mass is 16.5. The van der Waals surface area contributed by atoms with Gasteiger partial charge in [-0.05, 0) is 43.3 Å². The number of rotatable bonds is 6. The first-order chi connectivity index (χ1) is 15.6. The van der Waals surface area contributed by atoms with Crippen LogP contribution in [0.1, 0.15) is 32.0 Å². The van der Waals surface area contributed by atoms with Crippen LogP contribution >= 0.6 is 0 Å². The first-order valence-electron chi connectivity index (χ1n) is 10.7. The van der Waals surface area contributed by atoms with Crippen molar-refractivity contribution >= 4 is 23.4 Å². The summed E-state index contributed by atoms with van der Waals surface area (Å²) in [6.07, 6.45) is 0. The zero-order valence-electron chi connectivity index (χ0n) is 20.0. The molecule has 0 unspecified atom stereocenters. The SMILES string of the molecule is COc1ccc(-n2nc(C(C)(C)C)cc2NC(=O)CN(C)C(=O)Nc2ccc(C)cc2)cc1. The van der Waals surface area contributed by atoms with Crippen LogP contribution in [0, 0.1) is 6.92 Å². The summed E-state index contributed by atoms with van der Waals surface area (Å²) in [6, 6.07) is 16.4. The van der Waals surface area contributed by atoms with E-state index in [1.807, 2.05) is 61.5 Å². The number of amides is 3. The van der Waals surface area contributed by atoms with Gasteiger partial charge >= 0.3 is 6.03 Å². The molecular weight excluding hydrogens is 418 g/mol. The van der Waals surface area contributed by atoms with Crippen LogP contribution in [0.4, 0.5) is 16.3 Å². The van der Waals surface area contributed by atoms with Gasteiger partial charge in [0.25, 0.3) is 0 Å². The summed E-state index contributed by atoms with van der Waals surface area (Å²) in [6.45, 7) is 8.04. The Labute approximate surface area is 194 Å². The maximum absolute atomic E-state index is 12.8. The predicted octanol–water partition coefficient (Wildman–Crippen LogP) is 4.59. The average molecular weight is 450 g/mol. The van der Waals surface area contributed by atoms with Gasteiger partial charge in [0.15, 0.2) is 0 Å². The van der Waals surface area contributed by atoms with Gasteiger partial charge in [-0.25, -0.2) is 9.48 Å². The normalized spacial score (nSPS) is 11.1. The van der Waals surface area contributed by atoms with Crippen molar-refractivity contribution in [1.82, 2.24) is 14.7 Å². The third-order valence-corrected chi connectivity index (χ3v) is 5.09. The van der Waals surface area contributed by atoms with Crippen LogP contribution in [0.5, 0.6) is 5.75 Å². The van der Waals surface area contributed by atoms with Gasteiger partial charge in [-0.15, -0.1) is 0 Å². The first-order valence-corrected chi connectivity index (χ1v) is 10.7. The molecule has 0 aliphatic heterocycles. The van der Waals surface area contributed by atoms with Crippen molar-refractivity contribution in [2.45, 2.75) is 33.1 Å². The van der Waals surface area contributed by atoms with Crippen LogP contribution in [0.25, 0.3) is 5.69 Å². The summed E-state index contributed by atoms with van der Waals surface area (Å²) < 4.78 is 6.92. The molecule has 0 saturated carbocycles. The summed E-state index contributed by atoms with van der Waals surface area (Å²) in [5, 5.41) is 10.4. The number of hydrogen-bond acceptors (Lipinski definition) is 4. The van der Waals surface area contributed by atoms with Crippen LogP contribution in [-0.2, 0) is 10.2 Å². The molecule has 0 atom stereocenters. The number of carbonyl (C=O) groups excluding carboxylic acids is 2. The molecule has 3 amide bonds. The number of methoxy groups -OCH3 is 1. The highest BCUT2D eigenvalue weighted by Crippen LogP contribution is 2.27. The fourth-order valence-electron chi connectivity index (χ4n) is 3.08. The fourth-order valence-corrected chi connectivity index (χ4v) is 3.08. The van der Waals surface area contributed by atoms with Crippen molar-refractivity contribution in [3.63, 3.8) is 0 Å². The highest BCUT2D eigenvalue weighted by molar-refractivity contribution is 5.96. The molecular formula is C25H31N5O3. The molecule has 0 aliphatic rings. The fraction of sp³-hybridized carbons (Fsp3) is 0.320. The molecule has 33 heavy (non-hydrogen) atoms. The Balaban J connectivity index is 1.74. The molecule has 1 heterocycles. The molecule has 0 aliphatic carbocycles. The van der Waals surface area contributed by atoms with Crippen molar-refractivity contribution in [3.8, 4) is 11.4 Å². The van der Waals surface area contributed by atoms with Gasteiger partial charge < -0.3 is 20.3 Å². The van der Waals surface area contributed by atoms with E-state index in [9.17, 15) is 9.59 Å². The Morgan fingerprint density at radius 2 is 1.67 bits per heavy atom. The van der Waals surface area contributed by atoms with E-state index in [2.05, 4.69) is 31.4 Å². The quantitative estimate of drug-likeness (QED) is 0.576. The van der Waals surface area contributed by atoms with Gasteiger partial charge in [-0.3, -0.25) is 4.79 Å². The molecule has 3 rings (SSSR count). The van der Waals surface area contributed by atoms with Crippen molar-refractivity contribution in [1.29, 1.82) is 0 Å². The molecule has 1 aromatic heterocycles. The minimum Gasteiger partial charge on any atom is -0.497 e. The summed E-state index contributed by atoms with van der Waals surface area (Å²) >= 11 is 0. The van der Waals surface area contributed by atoms with Gasteiger partial charge in [-0.1, -0.05) is 38.5 Å². The Bertz CT molecular complexity index is 1110. The van der Waals surface area contributed by atoms with E-state index in [4.69, 9.17) is 9.84 Å². The predicted molar refractivity (Wildman–Crippen MR) is 130 cm³/mol. The molecule has 2 aromatic carbocycles. The number of nitrogens with one attached hydrogen (secondary N) is 2. The lowest BCUT2D eigenvalue weighted by molar-refractivity contribution is -0.116. The Hall–Kier alpha value is -3.81. The largest absolute Gasteiger partial charge is 0.497 e. The number of hydrogen-bond donors (Lipinski definition) is 2. The lowest BCUT2D eigenvalue weighted by Gasteiger charge is -2.18. The molecule has 0 spiro atoms. The zero-order valence-corrected chi connectivity index (χ0v) is 20.0. The summed E-state index contributed by atoms with van der Waals surface area (Å²) in [4.78, 5) is 26.6. The standard InChI is InChI=1S/C25H31N5O3/c1-17-7-9-18(10-8-17)26-24(32)29(5)16-23(31)27-22-15-21(25(2,3)4)28-30(22)19-11-13-20(33-6)14-12-19/h7-15H,16H2,1-6H3,(H,26,32)(H,27,31). The maximum Gasteiger partial charge on any atom is 0.322 e. The lowest BCUT2D eigenvalue weighted by atomic mass is 9.92. The molecule has 8 nitrogen and oxygen atoms in total. The maximum atomic E-state index is 12.8. The van der Waals surface area contributed by atoms with E-state index in [0.717, 1.165) is 22.7 Å². The van der Waals surface area contributed by atoms with Crippen molar-refractivity contribution in [3.05, 3.63) is 65.9 Å². The topological polar surface area (TPSA) is 88.5 Å². The summed E-state index contributed by atoms with van der Waals surface area (Å²) in [5.41, 5.74) is 3.18. The number of urea groups is 1. The van der Waals surface area contributed by atoms with Gasteiger partial charge in [0.2, 0.25) is 5.91 Å². The molecule has 0 fully saturated rings. The van der Waals surface area contributed by atoms with E-state index in [1.54, 1.807) is 18.8 Å². The smallest absolute Gasteiger partial charge is 0.322 e. The van der Waals surface area contributed by atoms with Crippen LogP contribution in [0.2, 0.25) is 0 Å². The number of ether oxygens (including phenoxy) is 1. The second kappa shape index (κ2) is 9.77. The van der Waals surface area contributed by atoms with E-state index < -0.39 is 0 Å². The first kappa shape index (κ1) is 23.8. The van der Waals surface area contributed by atoms with Crippen molar-refractivity contribution < 1.29 is 14.3 Å². The van der Waals surface area contributed by atoms with Crippen LogP contribution in [0.15, 0.2) is 54.6 Å². The average Bonchev–Trinajstić information content (AvgIpc) is 3.19. The number of likely N-dealkylation sites (N-methyl/N-ethyl adjacent to an activating group) is 1. The Kier molecular flexibility index (Phi) is 7.06. The van der Waals surface area contributed by atoms with E-state index in [1.165, 1.54) is 4.90 Å². The van der Waals surface area contributed by atoms with Gasteiger partial charge in [0.05, 0.1) is 18.5 Å². The Morgan fingerprint density at radius 1 is 1.03 bits per heavy atom. The number of carbonyl (C=O) groups is 2. The van der Waals surface area contributed by atoms with E-state index in [-0.39, 0.29) is 23.9 Å². The summed E-state index contributed by atoms with van der Waals surface area (Å²) in [5.74, 6) is 0.933. The zero-order chi connectivity index (χ0) is 24.2. The van der Waals surface area contributed by atoms with Crippen LogP contribution in [-0.4, -0.2) is 47.3 Å². The summed E-state index contributed by atoms with van der Waals surface area (Å²) in [7, 11) is 3.18. The van der Waals surface area contributed by atoms with Crippen LogP contribution in [0.3, 0.4) is 0 Å². The van der Waals surface area contributed by atoms with Crippen molar-refractivity contribution in [2.24, 2.45) is 0 Å². The third kappa shape index (κ3) is 6.12. The van der Waals surface area contributed by atoms with E-state index in [0.29, 0.717) is 11.5 Å². The number of aryl methyl sites for hydroxylation is 1. The molecule has 2 N–H and O–H groups in total. The molecule has 0 bridgehead atoms. The van der Waals surface area contributed by atoms with Gasteiger partial charge in [-0.2, -0.15) is 5.10 Å². The molecule has 0 radical (unpaired) electrons. The molecule has 3 aromatic rings. The second-order valence-corrected chi connectivity index (χ2v) is 8.98. The molecule has 174 valence electrons. The second-order valence-electron chi connectivity index (χ2n) is 8.98. The number of aromatic nitrogens is 2. The number of nitrogens with zero attached hydrogens (tertiary/aromatic N) is 3. The molecule has 8 heteroatoms. The monoisotopic (exact) mass is 449 g/mol. The minimum absolute atomic E-state index is 0.115. The molecule has 0 saturated heterocycles. The third-order valence-electron chi connectivity index (χ3n) is 5.09. The minimum atomic E-state index is -0.368.